The van der Waals surface area contributed by atoms with Crippen molar-refractivity contribution in [3.63, 3.8) is 0 Å². The van der Waals surface area contributed by atoms with E-state index in [4.69, 9.17) is 26.3 Å². The monoisotopic (exact) mass is 467 g/mol. The second-order valence-electron chi connectivity index (χ2n) is 9.10. The molecule has 8 nitrogen and oxygen atoms in total. The van der Waals surface area contributed by atoms with Gasteiger partial charge in [-0.25, -0.2) is 14.8 Å². The summed E-state index contributed by atoms with van der Waals surface area (Å²) in [7, 11) is 0. The molecule has 2 aromatic rings. The number of fused-ring (bicyclic) bond motifs is 3. The van der Waals surface area contributed by atoms with Gasteiger partial charge < -0.3 is 19.3 Å². The molecule has 0 radical (unpaired) electrons. The van der Waals surface area contributed by atoms with E-state index in [0.29, 0.717) is 23.0 Å². The predicted molar refractivity (Wildman–Crippen MR) is 123 cm³/mol. The summed E-state index contributed by atoms with van der Waals surface area (Å²) >= 11 is 6.45. The van der Waals surface area contributed by atoms with Crippen LogP contribution in [0, 0.1) is 11.3 Å². The lowest BCUT2D eigenvalue weighted by Gasteiger charge is -2.38. The molecule has 2 saturated heterocycles. The predicted octanol–water partition coefficient (Wildman–Crippen LogP) is 4.62. The Bertz CT molecular complexity index is 1100. The van der Waals surface area contributed by atoms with Crippen molar-refractivity contribution in [3.05, 3.63) is 40.7 Å². The van der Waals surface area contributed by atoms with E-state index in [2.05, 4.69) is 16.0 Å². The molecule has 5 rings (SSSR count). The summed E-state index contributed by atoms with van der Waals surface area (Å²) in [4.78, 5) is 25.4. The average Bonchev–Trinajstić information content (AvgIpc) is 3.33. The number of aromatic nitrogens is 2. The van der Waals surface area contributed by atoms with Gasteiger partial charge in [0.05, 0.1) is 34.0 Å². The minimum absolute atomic E-state index is 0.00264. The minimum atomic E-state index is -0.214. The first-order valence-electron chi connectivity index (χ1n) is 11.4. The SMILES string of the molecule is CC(C)OC(=O)N1[C@H]2CC[C@H]1CC(Oc1ncnc3c1CCN3c1ccc(C#N)cc1Cl)C2. The lowest BCUT2D eigenvalue weighted by Crippen LogP contribution is -2.50. The fourth-order valence-corrected chi connectivity index (χ4v) is 5.52. The van der Waals surface area contributed by atoms with E-state index >= 15 is 0 Å². The molecule has 2 atom stereocenters. The summed E-state index contributed by atoms with van der Waals surface area (Å²) < 4.78 is 11.9. The maximum Gasteiger partial charge on any atom is 0.410 e. The Kier molecular flexibility index (Phi) is 5.75. The highest BCUT2D eigenvalue weighted by Crippen LogP contribution is 2.42. The number of hydrogen-bond acceptors (Lipinski definition) is 7. The first-order valence-corrected chi connectivity index (χ1v) is 11.8. The smallest absolute Gasteiger partial charge is 0.410 e. The molecular weight excluding hydrogens is 442 g/mol. The molecule has 2 fully saturated rings. The Morgan fingerprint density at radius 1 is 1.24 bits per heavy atom. The number of rotatable bonds is 4. The number of carbonyl (C=O) groups excluding carboxylic acids is 1. The largest absolute Gasteiger partial charge is 0.474 e. The summed E-state index contributed by atoms with van der Waals surface area (Å²) in [5, 5.41) is 9.62. The van der Waals surface area contributed by atoms with Gasteiger partial charge in [-0.3, -0.25) is 0 Å². The van der Waals surface area contributed by atoms with E-state index in [-0.39, 0.29) is 30.4 Å². The summed E-state index contributed by atoms with van der Waals surface area (Å²) in [5.74, 6) is 1.39. The van der Waals surface area contributed by atoms with Gasteiger partial charge in [-0.05, 0) is 51.3 Å². The lowest BCUT2D eigenvalue weighted by atomic mass is 10.00. The van der Waals surface area contributed by atoms with Crippen LogP contribution < -0.4 is 9.64 Å². The van der Waals surface area contributed by atoms with Crippen molar-refractivity contribution < 1.29 is 14.3 Å². The number of benzene rings is 1. The van der Waals surface area contributed by atoms with Crippen molar-refractivity contribution in [3.8, 4) is 11.9 Å². The van der Waals surface area contributed by atoms with Crippen LogP contribution in [0.5, 0.6) is 5.88 Å². The Morgan fingerprint density at radius 2 is 2.00 bits per heavy atom. The van der Waals surface area contributed by atoms with Crippen LogP contribution in [0.15, 0.2) is 24.5 Å². The third-order valence-electron chi connectivity index (χ3n) is 6.61. The Labute approximate surface area is 198 Å². The van der Waals surface area contributed by atoms with Crippen LogP contribution in [0.3, 0.4) is 0 Å². The molecule has 0 spiro atoms. The number of hydrogen-bond donors (Lipinski definition) is 0. The molecule has 0 saturated carbocycles. The molecule has 1 amide bonds. The van der Waals surface area contributed by atoms with Crippen molar-refractivity contribution in [2.75, 3.05) is 11.4 Å². The third-order valence-corrected chi connectivity index (χ3v) is 6.91. The van der Waals surface area contributed by atoms with E-state index in [1.54, 1.807) is 12.1 Å². The molecule has 1 aromatic heterocycles. The molecule has 1 aromatic carbocycles. The highest BCUT2D eigenvalue weighted by molar-refractivity contribution is 6.33. The molecule has 0 N–H and O–H groups in total. The van der Waals surface area contributed by atoms with Gasteiger partial charge in [0.25, 0.3) is 0 Å². The van der Waals surface area contributed by atoms with Crippen LogP contribution in [-0.4, -0.2) is 51.8 Å². The van der Waals surface area contributed by atoms with Gasteiger partial charge >= 0.3 is 6.09 Å². The van der Waals surface area contributed by atoms with E-state index in [1.165, 1.54) is 6.33 Å². The number of halogens is 1. The Balaban J connectivity index is 1.32. The number of nitrogens with zero attached hydrogens (tertiary/aromatic N) is 5. The average molecular weight is 468 g/mol. The molecule has 3 aliphatic rings. The van der Waals surface area contributed by atoms with Gasteiger partial charge in [0.15, 0.2) is 0 Å². The number of nitriles is 1. The molecule has 4 heterocycles. The van der Waals surface area contributed by atoms with Crippen molar-refractivity contribution in [1.82, 2.24) is 14.9 Å². The zero-order chi connectivity index (χ0) is 23.1. The van der Waals surface area contributed by atoms with Gasteiger partial charge in [0, 0.05) is 31.5 Å². The van der Waals surface area contributed by atoms with Gasteiger partial charge in [-0.2, -0.15) is 5.26 Å². The van der Waals surface area contributed by atoms with Crippen molar-refractivity contribution in [1.29, 1.82) is 5.26 Å². The number of carbonyl (C=O) groups is 1. The molecule has 9 heteroatoms. The van der Waals surface area contributed by atoms with Crippen molar-refractivity contribution in [2.45, 2.75) is 70.2 Å². The zero-order valence-corrected chi connectivity index (χ0v) is 19.5. The topological polar surface area (TPSA) is 91.6 Å². The Hall–Kier alpha value is -3.05. The van der Waals surface area contributed by atoms with Crippen LogP contribution in [0.4, 0.5) is 16.3 Å². The zero-order valence-electron chi connectivity index (χ0n) is 18.7. The highest BCUT2D eigenvalue weighted by atomic mass is 35.5. The molecular formula is C24H26ClN5O3. The highest BCUT2D eigenvalue weighted by Gasteiger charge is 2.45. The summed E-state index contributed by atoms with van der Waals surface area (Å²) in [6, 6.07) is 7.67. The number of ether oxygens (including phenoxy) is 2. The quantitative estimate of drug-likeness (QED) is 0.648. The van der Waals surface area contributed by atoms with E-state index in [0.717, 1.165) is 49.2 Å². The summed E-state index contributed by atoms with van der Waals surface area (Å²) in [6.45, 7) is 4.46. The minimum Gasteiger partial charge on any atom is -0.474 e. The van der Waals surface area contributed by atoms with Gasteiger partial charge in [-0.15, -0.1) is 0 Å². The first kappa shape index (κ1) is 21.8. The molecule has 3 aliphatic heterocycles. The Morgan fingerprint density at radius 3 is 2.67 bits per heavy atom. The van der Waals surface area contributed by atoms with Crippen molar-refractivity contribution >= 4 is 29.2 Å². The van der Waals surface area contributed by atoms with Gasteiger partial charge in [0.1, 0.15) is 18.2 Å². The van der Waals surface area contributed by atoms with Crippen LogP contribution in [0.1, 0.15) is 50.7 Å². The van der Waals surface area contributed by atoms with Crippen LogP contribution >= 0.6 is 11.6 Å². The molecule has 0 aliphatic carbocycles. The standard InChI is InChI=1S/C24H26ClN5O3/c1-14(2)32-24(31)30-16-4-5-17(30)11-18(10-16)33-23-19-7-8-29(22(19)27-13-28-23)21-6-3-15(12-26)9-20(21)25/h3,6,9,13-14,16-18H,4-5,7-8,10-11H2,1-2H3/t16-,17-/m0/s1. The first-order chi connectivity index (χ1) is 15.9. The fourth-order valence-electron chi connectivity index (χ4n) is 5.24. The van der Waals surface area contributed by atoms with Gasteiger partial charge in [0.2, 0.25) is 5.88 Å². The summed E-state index contributed by atoms with van der Waals surface area (Å²) in [6.07, 6.45) is 5.42. The van der Waals surface area contributed by atoms with Gasteiger partial charge in [-0.1, -0.05) is 11.6 Å². The number of piperidine rings is 1. The molecule has 33 heavy (non-hydrogen) atoms. The maximum atomic E-state index is 12.5. The van der Waals surface area contributed by atoms with Crippen molar-refractivity contribution in [2.24, 2.45) is 0 Å². The molecule has 2 bridgehead atoms. The van der Waals surface area contributed by atoms with E-state index < -0.39 is 0 Å². The number of amides is 1. The number of anilines is 2. The third kappa shape index (κ3) is 4.06. The molecule has 172 valence electrons. The fraction of sp³-hybridized carbons (Fsp3) is 0.500. The second-order valence-corrected chi connectivity index (χ2v) is 9.50. The van der Waals surface area contributed by atoms with Crippen LogP contribution in [0.2, 0.25) is 5.02 Å². The maximum absolute atomic E-state index is 12.5. The normalized spacial score (nSPS) is 23.4. The summed E-state index contributed by atoms with van der Waals surface area (Å²) in [5.41, 5.74) is 2.30. The van der Waals surface area contributed by atoms with E-state index in [9.17, 15) is 4.79 Å². The molecule has 0 unspecified atom stereocenters. The second kappa shape index (κ2) is 8.71. The lowest BCUT2D eigenvalue weighted by molar-refractivity contribution is 0.0206. The van der Waals surface area contributed by atoms with Crippen LogP contribution in [-0.2, 0) is 11.2 Å². The van der Waals surface area contributed by atoms with Crippen LogP contribution in [0.25, 0.3) is 0 Å². The van der Waals surface area contributed by atoms with E-state index in [1.807, 2.05) is 29.7 Å².